The Morgan fingerprint density at radius 2 is 1.78 bits per heavy atom. The summed E-state index contributed by atoms with van der Waals surface area (Å²) >= 11 is 1.72. The van der Waals surface area contributed by atoms with E-state index in [4.69, 9.17) is 9.72 Å². The van der Waals surface area contributed by atoms with Gasteiger partial charge in [-0.05, 0) is 83.2 Å². The van der Waals surface area contributed by atoms with Crippen LogP contribution in [0.3, 0.4) is 0 Å². The van der Waals surface area contributed by atoms with Gasteiger partial charge in [0.15, 0.2) is 0 Å². The molecule has 3 aliphatic heterocycles. The first-order valence-electron chi connectivity index (χ1n) is 15.9. The molecule has 2 aromatic carbocycles. The highest BCUT2D eigenvalue weighted by Gasteiger charge is 2.37. The summed E-state index contributed by atoms with van der Waals surface area (Å²) in [6.07, 6.45) is -0.598. The van der Waals surface area contributed by atoms with Crippen molar-refractivity contribution >= 4 is 34.6 Å². The fourth-order valence-electron chi connectivity index (χ4n) is 7.16. The predicted molar refractivity (Wildman–Crippen MR) is 176 cm³/mol. The molecule has 45 heavy (non-hydrogen) atoms. The van der Waals surface area contributed by atoms with Gasteiger partial charge < -0.3 is 9.64 Å². The number of carbonyl (C=O) groups excluding carboxylic acids is 1. The van der Waals surface area contributed by atoms with E-state index < -0.39 is 11.8 Å². The molecule has 0 spiro atoms. The maximum atomic E-state index is 14.0. The smallest absolute Gasteiger partial charge is 0.410 e. The van der Waals surface area contributed by atoms with E-state index in [1.54, 1.807) is 33.4 Å². The van der Waals surface area contributed by atoms with Gasteiger partial charge in [-0.1, -0.05) is 12.1 Å². The third-order valence-corrected chi connectivity index (χ3v) is 10.3. The molecule has 1 aromatic heterocycles. The predicted octanol–water partition coefficient (Wildman–Crippen LogP) is 6.11. The minimum atomic E-state index is -0.802. The standard InChI is InChI=1S/C34H43F2N5O3S/c1-20-13-27-29-30(28(20)24-7-9-25(35)10-8-24)45-19-23(16-38-12-11-26(36)18-38)17-40(29)32(42)37-31(27)39-14-21(2)41(22(3)15-39)33(43)44-34(4,5)6/h7-10,13,21-23,26H,11-12,14-19H2,1-6H3/t21-,22+,23?,26-/m0/s1. The van der Waals surface area contributed by atoms with Gasteiger partial charge in [0.2, 0.25) is 0 Å². The SMILES string of the molecule is Cc1cc2c(N3C[C@@H](C)N(C(=O)OC(C)(C)C)[C@@H](C)C3)nc(=O)n3c2c(c1-c1ccc(F)cc1)SCC(CN1CC[C@H](F)C1)C3. The summed E-state index contributed by atoms with van der Waals surface area (Å²) < 4.78 is 35.5. The molecule has 11 heteroatoms. The van der Waals surface area contributed by atoms with Crippen LogP contribution in [0.4, 0.5) is 19.4 Å². The van der Waals surface area contributed by atoms with Crippen molar-refractivity contribution in [3.8, 4) is 11.1 Å². The molecule has 6 rings (SSSR count). The first kappa shape index (κ1) is 31.8. The number of anilines is 1. The minimum absolute atomic E-state index is 0.125. The molecule has 1 amide bonds. The number of aryl methyl sites for hydroxylation is 1. The molecule has 2 fully saturated rings. The zero-order valence-electron chi connectivity index (χ0n) is 27.0. The van der Waals surface area contributed by atoms with Crippen LogP contribution < -0.4 is 10.6 Å². The number of ether oxygens (including phenoxy) is 1. The summed E-state index contributed by atoms with van der Waals surface area (Å²) in [5.74, 6) is 1.20. The van der Waals surface area contributed by atoms with Gasteiger partial charge >= 0.3 is 11.8 Å². The zero-order valence-corrected chi connectivity index (χ0v) is 27.8. The second-order valence-corrected chi connectivity index (χ2v) is 15.0. The lowest BCUT2D eigenvalue weighted by Gasteiger charge is -2.45. The molecule has 0 saturated carbocycles. The summed E-state index contributed by atoms with van der Waals surface area (Å²) in [4.78, 5) is 38.8. The Bertz CT molecular complexity index is 1640. The van der Waals surface area contributed by atoms with Gasteiger partial charge in [-0.25, -0.2) is 18.4 Å². The molecule has 8 nitrogen and oxygen atoms in total. The Balaban J connectivity index is 1.44. The number of hydrogen-bond acceptors (Lipinski definition) is 7. The average molecular weight is 640 g/mol. The fourth-order valence-corrected chi connectivity index (χ4v) is 8.55. The summed E-state index contributed by atoms with van der Waals surface area (Å²) in [5.41, 5.74) is 2.80. The van der Waals surface area contributed by atoms with Crippen LogP contribution in [0.25, 0.3) is 22.0 Å². The molecule has 0 radical (unpaired) electrons. The maximum absolute atomic E-state index is 14.0. The number of benzene rings is 2. The van der Waals surface area contributed by atoms with E-state index in [1.807, 2.05) is 41.5 Å². The van der Waals surface area contributed by atoms with Crippen molar-refractivity contribution in [1.82, 2.24) is 19.4 Å². The number of piperazine rings is 1. The lowest BCUT2D eigenvalue weighted by molar-refractivity contribution is 0.00561. The van der Waals surface area contributed by atoms with E-state index in [2.05, 4.69) is 15.9 Å². The summed E-state index contributed by atoms with van der Waals surface area (Å²) in [5, 5.41) is 0.885. The van der Waals surface area contributed by atoms with Crippen LogP contribution in [-0.4, -0.2) is 87.8 Å². The van der Waals surface area contributed by atoms with Crippen molar-refractivity contribution in [2.24, 2.45) is 5.92 Å². The molecule has 3 aliphatic rings. The van der Waals surface area contributed by atoms with E-state index in [1.165, 1.54) is 12.1 Å². The van der Waals surface area contributed by atoms with Gasteiger partial charge in [-0.15, -0.1) is 11.8 Å². The van der Waals surface area contributed by atoms with Crippen molar-refractivity contribution in [3.05, 3.63) is 52.2 Å². The third kappa shape index (κ3) is 6.43. The number of halogens is 2. The van der Waals surface area contributed by atoms with Crippen LogP contribution in [0, 0.1) is 18.7 Å². The number of rotatable bonds is 4. The summed E-state index contributed by atoms with van der Waals surface area (Å²) in [6, 6.07) is 8.27. The largest absolute Gasteiger partial charge is 0.444 e. The Labute approximate surface area is 267 Å². The zero-order chi connectivity index (χ0) is 32.2. The molecular weight excluding hydrogens is 596 g/mol. The van der Waals surface area contributed by atoms with Gasteiger partial charge in [-0.3, -0.25) is 14.4 Å². The number of aromatic nitrogens is 2. The van der Waals surface area contributed by atoms with Crippen LogP contribution in [0.2, 0.25) is 0 Å². The lowest BCUT2D eigenvalue weighted by atomic mass is 9.97. The van der Waals surface area contributed by atoms with Crippen LogP contribution in [0.15, 0.2) is 40.0 Å². The molecule has 3 aromatic rings. The highest BCUT2D eigenvalue weighted by molar-refractivity contribution is 7.99. The van der Waals surface area contributed by atoms with E-state index in [-0.39, 0.29) is 35.6 Å². The van der Waals surface area contributed by atoms with Crippen molar-refractivity contribution in [2.45, 2.75) is 83.3 Å². The summed E-state index contributed by atoms with van der Waals surface area (Å²) in [6.45, 7) is 15.0. The second kappa shape index (κ2) is 12.2. The molecule has 2 saturated heterocycles. The molecule has 4 atom stereocenters. The Morgan fingerprint density at radius 1 is 1.09 bits per heavy atom. The third-order valence-electron chi connectivity index (χ3n) is 8.99. The van der Waals surface area contributed by atoms with Gasteiger partial charge in [0.1, 0.15) is 23.4 Å². The topological polar surface area (TPSA) is 70.9 Å². The van der Waals surface area contributed by atoms with Gasteiger partial charge in [0.25, 0.3) is 0 Å². The molecule has 0 N–H and O–H groups in total. The number of nitrogens with zero attached hydrogens (tertiary/aromatic N) is 5. The average Bonchev–Trinajstić information content (AvgIpc) is 3.26. The number of amides is 1. The van der Waals surface area contributed by atoms with Crippen LogP contribution in [-0.2, 0) is 11.3 Å². The quantitative estimate of drug-likeness (QED) is 0.341. The Hall–Kier alpha value is -3.18. The molecule has 0 bridgehead atoms. The summed E-state index contributed by atoms with van der Waals surface area (Å²) in [7, 11) is 0. The first-order valence-corrected chi connectivity index (χ1v) is 16.9. The number of likely N-dealkylation sites (tertiary alicyclic amines) is 1. The lowest BCUT2D eigenvalue weighted by Crippen LogP contribution is -2.59. The number of carbonyl (C=O) groups is 1. The van der Waals surface area contributed by atoms with Crippen molar-refractivity contribution in [3.63, 3.8) is 0 Å². The van der Waals surface area contributed by atoms with E-state index in [0.29, 0.717) is 45.0 Å². The highest BCUT2D eigenvalue weighted by Crippen LogP contribution is 2.44. The number of alkyl halides is 1. The van der Waals surface area contributed by atoms with Crippen molar-refractivity contribution < 1.29 is 18.3 Å². The molecule has 0 aliphatic carbocycles. The number of hydrogen-bond donors (Lipinski definition) is 0. The molecule has 4 heterocycles. The van der Waals surface area contributed by atoms with Crippen LogP contribution in [0.1, 0.15) is 46.6 Å². The fraction of sp³-hybridized carbons (Fsp3) is 0.559. The second-order valence-electron chi connectivity index (χ2n) is 13.9. The van der Waals surface area contributed by atoms with Crippen LogP contribution in [0.5, 0.6) is 0 Å². The monoisotopic (exact) mass is 639 g/mol. The van der Waals surface area contributed by atoms with Gasteiger partial charge in [0.05, 0.1) is 17.6 Å². The van der Waals surface area contributed by atoms with E-state index in [9.17, 15) is 18.4 Å². The normalized spacial score (nSPS) is 24.3. The van der Waals surface area contributed by atoms with Crippen molar-refractivity contribution in [2.75, 3.05) is 43.4 Å². The number of thioether (sulfide) groups is 1. The molecular formula is C34H43F2N5O3S. The Kier molecular flexibility index (Phi) is 8.62. The first-order chi connectivity index (χ1) is 21.3. The van der Waals surface area contributed by atoms with Crippen molar-refractivity contribution in [1.29, 1.82) is 0 Å². The highest BCUT2D eigenvalue weighted by atomic mass is 32.2. The Morgan fingerprint density at radius 3 is 2.40 bits per heavy atom. The minimum Gasteiger partial charge on any atom is -0.444 e. The van der Waals surface area contributed by atoms with Gasteiger partial charge in [0, 0.05) is 60.9 Å². The van der Waals surface area contributed by atoms with E-state index in [0.717, 1.165) is 44.8 Å². The van der Waals surface area contributed by atoms with Crippen LogP contribution >= 0.6 is 11.8 Å². The molecule has 1 unspecified atom stereocenters. The maximum Gasteiger partial charge on any atom is 0.410 e. The van der Waals surface area contributed by atoms with Gasteiger partial charge in [-0.2, -0.15) is 4.98 Å². The van der Waals surface area contributed by atoms with E-state index >= 15 is 0 Å². The molecule has 242 valence electrons.